The minimum atomic E-state index is -0.865. The summed E-state index contributed by atoms with van der Waals surface area (Å²) in [5, 5.41) is 9.10. The Morgan fingerprint density at radius 2 is 2.23 bits per heavy atom. The van der Waals surface area contributed by atoms with Gasteiger partial charge in [-0.05, 0) is 12.8 Å². The Morgan fingerprint density at radius 3 is 2.77 bits per heavy atom. The van der Waals surface area contributed by atoms with Gasteiger partial charge < -0.3 is 9.84 Å². The van der Waals surface area contributed by atoms with Gasteiger partial charge in [0.1, 0.15) is 6.10 Å². The SMILES string of the molecule is CCCCCC[C@H]1C[C@H](O)C(=O)O1. The van der Waals surface area contributed by atoms with Crippen LogP contribution in [0.25, 0.3) is 0 Å². The second-order valence-electron chi connectivity index (χ2n) is 3.66. The van der Waals surface area contributed by atoms with Gasteiger partial charge in [-0.1, -0.05) is 26.2 Å². The lowest BCUT2D eigenvalue weighted by atomic mass is 10.1. The van der Waals surface area contributed by atoms with Gasteiger partial charge in [0, 0.05) is 6.42 Å². The molecule has 0 spiro atoms. The molecule has 0 aromatic rings. The van der Waals surface area contributed by atoms with E-state index in [4.69, 9.17) is 9.84 Å². The Labute approximate surface area is 79.1 Å². The Balaban J connectivity index is 2.07. The molecule has 1 aliphatic heterocycles. The average Bonchev–Trinajstić information content (AvgIpc) is 2.41. The molecular formula is C10H18O3. The number of aliphatic hydroxyl groups is 1. The summed E-state index contributed by atoms with van der Waals surface area (Å²) in [6.45, 7) is 2.17. The van der Waals surface area contributed by atoms with Crippen LogP contribution in [-0.2, 0) is 9.53 Å². The van der Waals surface area contributed by atoms with E-state index >= 15 is 0 Å². The molecule has 0 aromatic carbocycles. The van der Waals surface area contributed by atoms with Gasteiger partial charge in [0.2, 0.25) is 0 Å². The van der Waals surface area contributed by atoms with E-state index in [1.54, 1.807) is 0 Å². The maximum Gasteiger partial charge on any atom is 0.335 e. The van der Waals surface area contributed by atoms with Crippen molar-refractivity contribution in [1.82, 2.24) is 0 Å². The Bertz CT molecular complexity index is 168. The van der Waals surface area contributed by atoms with E-state index in [0.29, 0.717) is 6.42 Å². The van der Waals surface area contributed by atoms with Crippen molar-refractivity contribution >= 4 is 5.97 Å². The first kappa shape index (κ1) is 10.5. The number of unbranched alkanes of at least 4 members (excludes halogenated alkanes) is 3. The summed E-state index contributed by atoms with van der Waals surface area (Å²) >= 11 is 0. The minimum Gasteiger partial charge on any atom is -0.460 e. The molecule has 1 N–H and O–H groups in total. The molecule has 76 valence electrons. The third kappa shape index (κ3) is 3.35. The predicted octanol–water partition coefficient (Wildman–Crippen LogP) is 1.63. The molecule has 0 aliphatic carbocycles. The highest BCUT2D eigenvalue weighted by Crippen LogP contribution is 2.20. The number of carbonyl (C=O) groups excluding carboxylic acids is 1. The lowest BCUT2D eigenvalue weighted by molar-refractivity contribution is -0.147. The number of hydrogen-bond donors (Lipinski definition) is 1. The van der Waals surface area contributed by atoms with Crippen molar-refractivity contribution in [2.24, 2.45) is 0 Å². The van der Waals surface area contributed by atoms with Crippen LogP contribution in [0.1, 0.15) is 45.4 Å². The largest absolute Gasteiger partial charge is 0.460 e. The highest BCUT2D eigenvalue weighted by molar-refractivity contribution is 5.76. The van der Waals surface area contributed by atoms with E-state index in [-0.39, 0.29) is 6.10 Å². The molecule has 2 atom stereocenters. The van der Waals surface area contributed by atoms with Crippen LogP contribution in [0.15, 0.2) is 0 Å². The lowest BCUT2D eigenvalue weighted by Gasteiger charge is -2.07. The van der Waals surface area contributed by atoms with Gasteiger partial charge in [0.05, 0.1) is 0 Å². The third-order valence-corrected chi connectivity index (χ3v) is 2.42. The monoisotopic (exact) mass is 186 g/mol. The maximum absolute atomic E-state index is 10.8. The zero-order chi connectivity index (χ0) is 9.68. The molecule has 0 bridgehead atoms. The molecule has 3 nitrogen and oxygen atoms in total. The van der Waals surface area contributed by atoms with Crippen LogP contribution in [0.5, 0.6) is 0 Å². The minimum absolute atomic E-state index is 0.0284. The van der Waals surface area contributed by atoms with Crippen molar-refractivity contribution in [3.63, 3.8) is 0 Å². The fourth-order valence-electron chi connectivity index (χ4n) is 1.61. The number of rotatable bonds is 5. The molecule has 1 rings (SSSR count). The van der Waals surface area contributed by atoms with Crippen LogP contribution in [0.4, 0.5) is 0 Å². The first-order valence-electron chi connectivity index (χ1n) is 5.12. The maximum atomic E-state index is 10.8. The predicted molar refractivity (Wildman–Crippen MR) is 49.3 cm³/mol. The van der Waals surface area contributed by atoms with Crippen LogP contribution in [0.2, 0.25) is 0 Å². The molecule has 0 aromatic heterocycles. The summed E-state index contributed by atoms with van der Waals surface area (Å²) in [6, 6.07) is 0. The van der Waals surface area contributed by atoms with Crippen molar-refractivity contribution in [3.05, 3.63) is 0 Å². The summed E-state index contributed by atoms with van der Waals surface area (Å²) in [5.41, 5.74) is 0. The highest BCUT2D eigenvalue weighted by atomic mass is 16.6. The molecular weight excluding hydrogens is 168 g/mol. The van der Waals surface area contributed by atoms with Gasteiger partial charge in [-0.2, -0.15) is 0 Å². The fourth-order valence-corrected chi connectivity index (χ4v) is 1.61. The zero-order valence-corrected chi connectivity index (χ0v) is 8.16. The van der Waals surface area contributed by atoms with Gasteiger partial charge in [-0.3, -0.25) is 0 Å². The molecule has 0 amide bonds. The lowest BCUT2D eigenvalue weighted by Crippen LogP contribution is -2.11. The summed E-state index contributed by atoms with van der Waals surface area (Å²) in [4.78, 5) is 10.8. The van der Waals surface area contributed by atoms with Crippen molar-refractivity contribution in [3.8, 4) is 0 Å². The molecule has 1 fully saturated rings. The Morgan fingerprint density at radius 1 is 1.46 bits per heavy atom. The van der Waals surface area contributed by atoms with Gasteiger partial charge in [0.25, 0.3) is 0 Å². The summed E-state index contributed by atoms with van der Waals surface area (Å²) in [6.07, 6.45) is 5.25. The molecule has 1 aliphatic rings. The van der Waals surface area contributed by atoms with E-state index in [9.17, 15) is 4.79 Å². The van der Waals surface area contributed by atoms with E-state index in [0.717, 1.165) is 12.8 Å². The standard InChI is InChI=1S/C10H18O3/c1-2-3-4-5-6-8-7-9(11)10(12)13-8/h8-9,11H,2-7H2,1H3/t8-,9-/m0/s1. The van der Waals surface area contributed by atoms with E-state index in [1.165, 1.54) is 19.3 Å². The van der Waals surface area contributed by atoms with Crippen molar-refractivity contribution in [2.45, 2.75) is 57.7 Å². The number of aliphatic hydroxyl groups excluding tert-OH is 1. The second kappa shape index (κ2) is 5.22. The topological polar surface area (TPSA) is 46.5 Å². The van der Waals surface area contributed by atoms with E-state index < -0.39 is 12.1 Å². The molecule has 1 heterocycles. The molecule has 13 heavy (non-hydrogen) atoms. The van der Waals surface area contributed by atoms with Crippen molar-refractivity contribution in [2.75, 3.05) is 0 Å². The second-order valence-corrected chi connectivity index (χ2v) is 3.66. The first-order valence-corrected chi connectivity index (χ1v) is 5.12. The van der Waals surface area contributed by atoms with Crippen LogP contribution < -0.4 is 0 Å². The molecule has 1 saturated heterocycles. The first-order chi connectivity index (χ1) is 6.24. The smallest absolute Gasteiger partial charge is 0.335 e. The van der Waals surface area contributed by atoms with E-state index in [2.05, 4.69) is 6.92 Å². The van der Waals surface area contributed by atoms with E-state index in [1.807, 2.05) is 0 Å². The van der Waals surface area contributed by atoms with Gasteiger partial charge >= 0.3 is 5.97 Å². The van der Waals surface area contributed by atoms with Gasteiger partial charge in [-0.15, -0.1) is 0 Å². The molecule has 0 radical (unpaired) electrons. The Kier molecular flexibility index (Phi) is 4.22. The summed E-state index contributed by atoms with van der Waals surface area (Å²) in [7, 11) is 0. The van der Waals surface area contributed by atoms with Crippen LogP contribution in [0, 0.1) is 0 Å². The molecule has 0 saturated carbocycles. The summed E-state index contributed by atoms with van der Waals surface area (Å²) in [5.74, 6) is -0.444. The fraction of sp³-hybridized carbons (Fsp3) is 0.900. The average molecular weight is 186 g/mol. The van der Waals surface area contributed by atoms with Crippen LogP contribution >= 0.6 is 0 Å². The van der Waals surface area contributed by atoms with Crippen molar-refractivity contribution < 1.29 is 14.6 Å². The number of cyclic esters (lactones) is 1. The van der Waals surface area contributed by atoms with Crippen LogP contribution in [0.3, 0.4) is 0 Å². The quantitative estimate of drug-likeness (QED) is 0.524. The summed E-state index contributed by atoms with van der Waals surface area (Å²) < 4.78 is 4.96. The molecule has 0 unspecified atom stereocenters. The van der Waals surface area contributed by atoms with Gasteiger partial charge in [0.15, 0.2) is 6.10 Å². The zero-order valence-electron chi connectivity index (χ0n) is 8.16. The highest BCUT2D eigenvalue weighted by Gasteiger charge is 2.31. The number of ether oxygens (including phenoxy) is 1. The number of hydrogen-bond acceptors (Lipinski definition) is 3. The van der Waals surface area contributed by atoms with Crippen LogP contribution in [-0.4, -0.2) is 23.3 Å². The Hall–Kier alpha value is -0.570. The normalized spacial score (nSPS) is 27.7. The van der Waals surface area contributed by atoms with Gasteiger partial charge in [-0.25, -0.2) is 4.79 Å². The number of esters is 1. The third-order valence-electron chi connectivity index (χ3n) is 2.42. The van der Waals surface area contributed by atoms with Crippen molar-refractivity contribution in [1.29, 1.82) is 0 Å². The molecule has 3 heteroatoms. The number of carbonyl (C=O) groups is 1.